The van der Waals surface area contributed by atoms with Crippen LogP contribution in [0, 0.1) is 0 Å². The van der Waals surface area contributed by atoms with Crippen molar-refractivity contribution in [2.45, 2.75) is 38.5 Å². The molecule has 4 heteroatoms. The quantitative estimate of drug-likeness (QED) is 0.788. The molecule has 0 N–H and O–H groups in total. The molecule has 26 heavy (non-hydrogen) atoms. The monoisotopic (exact) mass is 350 g/mol. The van der Waals surface area contributed by atoms with E-state index in [1.165, 1.54) is 0 Å². The Morgan fingerprint density at radius 3 is 1.62 bits per heavy atom. The molecule has 0 aromatic heterocycles. The number of hydrogen-bond acceptors (Lipinski definition) is 4. The van der Waals surface area contributed by atoms with Crippen LogP contribution in [0.3, 0.4) is 0 Å². The van der Waals surface area contributed by atoms with Gasteiger partial charge in [0.15, 0.2) is 0 Å². The van der Waals surface area contributed by atoms with Gasteiger partial charge in [0.25, 0.3) is 0 Å². The summed E-state index contributed by atoms with van der Waals surface area (Å²) < 4.78 is 10.6. The van der Waals surface area contributed by atoms with Crippen molar-refractivity contribution >= 4 is 11.9 Å². The average Bonchev–Trinajstić information content (AvgIpc) is 2.65. The summed E-state index contributed by atoms with van der Waals surface area (Å²) in [5.41, 5.74) is 6.47. The number of ether oxygens (including phenoxy) is 2. The largest absolute Gasteiger partial charge is 0.466 e. The topological polar surface area (TPSA) is 52.6 Å². The predicted octanol–water partition coefficient (Wildman–Crippen LogP) is 3.76. The van der Waals surface area contributed by atoms with Crippen LogP contribution >= 0.6 is 0 Å². The Labute approximate surface area is 153 Å². The number of carbonyl (C=O) groups is 2. The first-order chi connectivity index (χ1) is 12.7. The van der Waals surface area contributed by atoms with E-state index in [4.69, 9.17) is 9.47 Å². The zero-order valence-corrected chi connectivity index (χ0v) is 15.1. The van der Waals surface area contributed by atoms with Crippen molar-refractivity contribution in [2.24, 2.45) is 0 Å². The fourth-order valence-corrected chi connectivity index (χ4v) is 4.34. The Bertz CT molecular complexity index is 810. The van der Waals surface area contributed by atoms with Crippen LogP contribution in [0.4, 0.5) is 0 Å². The highest BCUT2D eigenvalue weighted by Gasteiger charge is 2.39. The molecule has 2 aromatic carbocycles. The van der Waals surface area contributed by atoms with Gasteiger partial charge in [-0.2, -0.15) is 0 Å². The van der Waals surface area contributed by atoms with E-state index >= 15 is 0 Å². The van der Waals surface area contributed by atoms with Gasteiger partial charge in [0.2, 0.25) is 0 Å². The molecule has 4 rings (SSSR count). The molecule has 2 aliphatic rings. The second-order valence-corrected chi connectivity index (χ2v) is 6.78. The maximum Gasteiger partial charge on any atom is 0.313 e. The molecule has 0 saturated carbocycles. The van der Waals surface area contributed by atoms with Gasteiger partial charge in [-0.25, -0.2) is 0 Å². The fourth-order valence-electron chi connectivity index (χ4n) is 4.34. The minimum absolute atomic E-state index is 0.176. The average molecular weight is 350 g/mol. The van der Waals surface area contributed by atoms with E-state index < -0.39 is 0 Å². The van der Waals surface area contributed by atoms with Crippen LogP contribution in [-0.4, -0.2) is 25.2 Å². The van der Waals surface area contributed by atoms with Crippen LogP contribution in [0.5, 0.6) is 0 Å². The van der Waals surface area contributed by atoms with Crippen LogP contribution in [0.1, 0.15) is 47.9 Å². The van der Waals surface area contributed by atoms with Gasteiger partial charge in [-0.05, 0) is 60.1 Å². The molecule has 0 fully saturated rings. The molecule has 134 valence electrons. The van der Waals surface area contributed by atoms with Crippen molar-refractivity contribution in [3.05, 3.63) is 58.7 Å². The van der Waals surface area contributed by atoms with E-state index in [1.807, 2.05) is 38.1 Å². The highest BCUT2D eigenvalue weighted by Crippen LogP contribution is 2.49. The number of benzene rings is 2. The van der Waals surface area contributed by atoms with E-state index in [0.717, 1.165) is 33.4 Å². The van der Waals surface area contributed by atoms with Gasteiger partial charge >= 0.3 is 11.9 Å². The van der Waals surface area contributed by atoms with Crippen molar-refractivity contribution in [1.82, 2.24) is 0 Å². The highest BCUT2D eigenvalue weighted by atomic mass is 16.5. The van der Waals surface area contributed by atoms with Gasteiger partial charge in [-0.3, -0.25) is 9.59 Å². The van der Waals surface area contributed by atoms with E-state index in [1.54, 1.807) is 0 Å². The molecule has 0 heterocycles. The number of esters is 2. The zero-order valence-electron chi connectivity index (χ0n) is 15.1. The SMILES string of the molecule is CCOC(=O)C1Cc2cccc3c2-c2c(cccc21)CC3C(=O)OCC. The van der Waals surface area contributed by atoms with Crippen molar-refractivity contribution in [3.8, 4) is 11.1 Å². The molecule has 0 bridgehead atoms. The third-order valence-corrected chi connectivity index (χ3v) is 5.36. The summed E-state index contributed by atoms with van der Waals surface area (Å²) in [5.74, 6) is -0.924. The first-order valence-electron chi connectivity index (χ1n) is 9.22. The summed E-state index contributed by atoms with van der Waals surface area (Å²) in [7, 11) is 0. The molecule has 2 aromatic rings. The van der Waals surface area contributed by atoms with Crippen molar-refractivity contribution in [1.29, 1.82) is 0 Å². The van der Waals surface area contributed by atoms with Crippen LogP contribution < -0.4 is 0 Å². The third kappa shape index (κ3) is 2.52. The van der Waals surface area contributed by atoms with Crippen molar-refractivity contribution < 1.29 is 19.1 Å². The van der Waals surface area contributed by atoms with Gasteiger partial charge < -0.3 is 9.47 Å². The second-order valence-electron chi connectivity index (χ2n) is 6.78. The number of hydrogen-bond donors (Lipinski definition) is 0. The molecule has 0 spiro atoms. The molecule has 2 unspecified atom stereocenters. The predicted molar refractivity (Wildman–Crippen MR) is 98.0 cm³/mol. The maximum atomic E-state index is 12.5. The molecule has 2 aliphatic carbocycles. The lowest BCUT2D eigenvalue weighted by atomic mass is 9.69. The standard InChI is InChI=1S/C22H22O4/c1-3-25-21(23)17-11-13-7-6-10-16-18(22(24)26-4-2)12-14-8-5-9-15(17)19(14)20(13)16/h5-10,17-18H,3-4,11-12H2,1-2H3. The lowest BCUT2D eigenvalue weighted by Gasteiger charge is -2.35. The second kappa shape index (κ2) is 6.60. The Morgan fingerprint density at radius 1 is 0.808 bits per heavy atom. The molecule has 0 saturated heterocycles. The first-order valence-corrected chi connectivity index (χ1v) is 9.22. The molecule has 0 amide bonds. The lowest BCUT2D eigenvalue weighted by molar-refractivity contribution is -0.146. The lowest BCUT2D eigenvalue weighted by Crippen LogP contribution is -2.28. The van der Waals surface area contributed by atoms with E-state index in [9.17, 15) is 9.59 Å². The summed E-state index contributed by atoms with van der Waals surface area (Å²) in [4.78, 5) is 25.1. The van der Waals surface area contributed by atoms with Gasteiger partial charge in [0.1, 0.15) is 0 Å². The molecule has 0 aliphatic heterocycles. The molecule has 0 radical (unpaired) electrons. The summed E-state index contributed by atoms with van der Waals surface area (Å²) in [5, 5.41) is 0. The summed E-state index contributed by atoms with van der Waals surface area (Å²) >= 11 is 0. The molecular formula is C22H22O4. The molecule has 2 atom stereocenters. The Balaban J connectivity index is 1.88. The smallest absolute Gasteiger partial charge is 0.313 e. The van der Waals surface area contributed by atoms with Crippen molar-refractivity contribution in [2.75, 3.05) is 13.2 Å². The van der Waals surface area contributed by atoms with E-state index in [2.05, 4.69) is 12.1 Å². The molecule has 4 nitrogen and oxygen atoms in total. The van der Waals surface area contributed by atoms with Crippen LogP contribution in [-0.2, 0) is 31.9 Å². The normalized spacial score (nSPS) is 19.5. The maximum absolute atomic E-state index is 12.5. The first kappa shape index (κ1) is 16.8. The van der Waals surface area contributed by atoms with Crippen LogP contribution in [0.15, 0.2) is 36.4 Å². The van der Waals surface area contributed by atoms with E-state index in [-0.39, 0.29) is 23.8 Å². The Morgan fingerprint density at radius 2 is 1.23 bits per heavy atom. The fraction of sp³-hybridized carbons (Fsp3) is 0.364. The van der Waals surface area contributed by atoms with Crippen LogP contribution in [0.2, 0.25) is 0 Å². The third-order valence-electron chi connectivity index (χ3n) is 5.36. The minimum atomic E-state index is -0.285. The van der Waals surface area contributed by atoms with Gasteiger partial charge in [0, 0.05) is 0 Å². The Hall–Kier alpha value is -2.62. The van der Waals surface area contributed by atoms with Gasteiger partial charge in [-0.1, -0.05) is 36.4 Å². The molecular weight excluding hydrogens is 328 g/mol. The minimum Gasteiger partial charge on any atom is -0.466 e. The summed E-state index contributed by atoms with van der Waals surface area (Å²) in [6, 6.07) is 12.1. The van der Waals surface area contributed by atoms with Crippen molar-refractivity contribution in [3.63, 3.8) is 0 Å². The number of carbonyl (C=O) groups excluding carboxylic acids is 2. The summed E-state index contributed by atoms with van der Waals surface area (Å²) in [6.45, 7) is 4.42. The highest BCUT2D eigenvalue weighted by molar-refractivity contribution is 5.93. The Kier molecular flexibility index (Phi) is 4.27. The summed E-state index contributed by atoms with van der Waals surface area (Å²) in [6.07, 6.45) is 1.21. The van der Waals surface area contributed by atoms with Crippen LogP contribution in [0.25, 0.3) is 11.1 Å². The van der Waals surface area contributed by atoms with E-state index in [0.29, 0.717) is 26.1 Å². The van der Waals surface area contributed by atoms with Gasteiger partial charge in [0.05, 0.1) is 25.0 Å². The van der Waals surface area contributed by atoms with Gasteiger partial charge in [-0.15, -0.1) is 0 Å². The number of rotatable bonds is 4. The zero-order chi connectivity index (χ0) is 18.3.